The first kappa shape index (κ1) is 15.1. The predicted octanol–water partition coefficient (Wildman–Crippen LogP) is 3.47. The number of hydrogen-bond donors (Lipinski definition) is 0. The van der Waals surface area contributed by atoms with E-state index in [1.54, 1.807) is 0 Å². The van der Waals surface area contributed by atoms with Crippen molar-refractivity contribution in [3.05, 3.63) is 47.8 Å². The zero-order valence-corrected chi connectivity index (χ0v) is 13.5. The third kappa shape index (κ3) is 3.69. The lowest BCUT2D eigenvalue weighted by molar-refractivity contribution is 0.239. The van der Waals surface area contributed by atoms with Crippen molar-refractivity contribution >= 4 is 0 Å². The summed E-state index contributed by atoms with van der Waals surface area (Å²) in [4.78, 5) is 2.55. The van der Waals surface area contributed by atoms with Crippen LogP contribution in [-0.4, -0.2) is 27.3 Å². The van der Waals surface area contributed by atoms with E-state index < -0.39 is 0 Å². The zero-order valence-electron chi connectivity index (χ0n) is 13.5. The highest BCUT2D eigenvalue weighted by molar-refractivity contribution is 5.33. The summed E-state index contributed by atoms with van der Waals surface area (Å²) >= 11 is 0. The minimum Gasteiger partial charge on any atom is -0.494 e. The van der Waals surface area contributed by atoms with Crippen LogP contribution in [-0.2, 0) is 19.6 Å². The molecular weight excluding hydrogens is 274 g/mol. The van der Waals surface area contributed by atoms with Crippen molar-refractivity contribution in [2.45, 2.75) is 52.4 Å². The summed E-state index contributed by atoms with van der Waals surface area (Å²) in [6, 6.07) is 9.09. The molecule has 3 rings (SSSR count). The second kappa shape index (κ2) is 6.97. The summed E-state index contributed by atoms with van der Waals surface area (Å²) in [5.41, 5.74) is 2.57. The van der Waals surface area contributed by atoms with Gasteiger partial charge >= 0.3 is 0 Å². The maximum atomic E-state index is 5.77. The molecule has 1 fully saturated rings. The lowest BCUT2D eigenvalue weighted by Crippen LogP contribution is -2.25. The lowest BCUT2D eigenvalue weighted by Gasteiger charge is -2.22. The van der Waals surface area contributed by atoms with Gasteiger partial charge in [0, 0.05) is 43.0 Å². The topological polar surface area (TPSA) is 30.3 Å². The monoisotopic (exact) mass is 299 g/mol. The van der Waals surface area contributed by atoms with E-state index in [9.17, 15) is 0 Å². The van der Waals surface area contributed by atoms with E-state index in [0.29, 0.717) is 12.6 Å². The van der Waals surface area contributed by atoms with Gasteiger partial charge in [0.2, 0.25) is 0 Å². The Kier molecular flexibility index (Phi) is 4.78. The van der Waals surface area contributed by atoms with Gasteiger partial charge in [0.1, 0.15) is 5.75 Å². The van der Waals surface area contributed by atoms with Gasteiger partial charge in [0.15, 0.2) is 0 Å². The second-order valence-electron chi connectivity index (χ2n) is 5.88. The molecule has 1 aromatic carbocycles. The fourth-order valence-corrected chi connectivity index (χ4v) is 2.80. The molecule has 1 aromatic heterocycles. The Morgan fingerprint density at radius 3 is 2.73 bits per heavy atom. The van der Waals surface area contributed by atoms with Gasteiger partial charge in [0.05, 0.1) is 12.8 Å². The van der Waals surface area contributed by atoms with Gasteiger partial charge in [-0.2, -0.15) is 5.10 Å². The molecule has 0 aliphatic heterocycles. The Balaban J connectivity index is 1.72. The van der Waals surface area contributed by atoms with Gasteiger partial charge in [-0.25, -0.2) is 0 Å². The first-order valence-electron chi connectivity index (χ1n) is 8.26. The van der Waals surface area contributed by atoms with Crippen molar-refractivity contribution < 1.29 is 4.74 Å². The number of rotatable bonds is 8. The van der Waals surface area contributed by atoms with Crippen molar-refractivity contribution in [1.82, 2.24) is 14.7 Å². The van der Waals surface area contributed by atoms with E-state index in [-0.39, 0.29) is 0 Å². The van der Waals surface area contributed by atoms with E-state index in [2.05, 4.69) is 41.3 Å². The van der Waals surface area contributed by atoms with Crippen LogP contribution in [0.4, 0.5) is 0 Å². The van der Waals surface area contributed by atoms with Gasteiger partial charge in [-0.3, -0.25) is 9.58 Å². The summed E-state index contributed by atoms with van der Waals surface area (Å²) in [6.45, 7) is 7.70. The van der Waals surface area contributed by atoms with Crippen molar-refractivity contribution in [1.29, 1.82) is 0 Å². The van der Waals surface area contributed by atoms with Crippen molar-refractivity contribution in [2.24, 2.45) is 0 Å². The summed E-state index contributed by atoms with van der Waals surface area (Å²) < 4.78 is 7.76. The maximum absolute atomic E-state index is 5.77. The molecule has 0 atom stereocenters. The Morgan fingerprint density at radius 1 is 1.23 bits per heavy atom. The molecule has 0 radical (unpaired) electrons. The number of nitrogens with zero attached hydrogens (tertiary/aromatic N) is 3. The van der Waals surface area contributed by atoms with Crippen molar-refractivity contribution in [2.75, 3.05) is 6.61 Å². The Labute approximate surface area is 132 Å². The largest absolute Gasteiger partial charge is 0.494 e. The third-order valence-electron chi connectivity index (χ3n) is 4.11. The molecule has 22 heavy (non-hydrogen) atoms. The summed E-state index contributed by atoms with van der Waals surface area (Å²) in [7, 11) is 0. The molecule has 2 aromatic rings. The van der Waals surface area contributed by atoms with Crippen LogP contribution < -0.4 is 4.74 Å². The summed E-state index contributed by atoms with van der Waals surface area (Å²) in [5.74, 6) is 1.01. The van der Waals surface area contributed by atoms with E-state index in [1.165, 1.54) is 24.0 Å². The minimum absolute atomic E-state index is 0.708. The Morgan fingerprint density at radius 2 is 2.05 bits per heavy atom. The normalized spacial score (nSPS) is 14.5. The number of aryl methyl sites for hydroxylation is 1. The van der Waals surface area contributed by atoms with E-state index in [1.807, 2.05) is 23.9 Å². The molecule has 0 unspecified atom stereocenters. The van der Waals surface area contributed by atoms with Crippen LogP contribution in [0.25, 0.3) is 0 Å². The molecule has 1 aliphatic rings. The first-order chi connectivity index (χ1) is 10.8. The highest BCUT2D eigenvalue weighted by Gasteiger charge is 2.29. The average Bonchev–Trinajstić information content (AvgIpc) is 3.28. The highest BCUT2D eigenvalue weighted by Crippen LogP contribution is 2.31. The molecule has 0 amide bonds. The van der Waals surface area contributed by atoms with Crippen molar-refractivity contribution in [3.63, 3.8) is 0 Å². The molecule has 4 nitrogen and oxygen atoms in total. The number of para-hydroxylation sites is 1. The Hall–Kier alpha value is -1.81. The molecule has 0 spiro atoms. The second-order valence-corrected chi connectivity index (χ2v) is 5.88. The van der Waals surface area contributed by atoms with Crippen LogP contribution in [0.1, 0.15) is 37.8 Å². The van der Waals surface area contributed by atoms with Crippen LogP contribution in [0, 0.1) is 0 Å². The standard InChI is InChI=1S/C18H25N3O/c1-3-21-13-15(11-19-21)12-20(17-9-10-17)14-16-7-5-6-8-18(16)22-4-2/h5-8,11,13,17H,3-4,9-10,12,14H2,1-2H3. The molecule has 1 saturated carbocycles. The fraction of sp³-hybridized carbons (Fsp3) is 0.500. The molecular formula is C18H25N3O. The summed E-state index contributed by atoms with van der Waals surface area (Å²) in [6.07, 6.45) is 6.76. The van der Waals surface area contributed by atoms with Gasteiger partial charge in [-0.1, -0.05) is 18.2 Å². The lowest BCUT2D eigenvalue weighted by atomic mass is 10.1. The molecule has 0 saturated heterocycles. The van der Waals surface area contributed by atoms with Crippen LogP contribution in [0.2, 0.25) is 0 Å². The molecule has 1 aliphatic carbocycles. The van der Waals surface area contributed by atoms with E-state index in [0.717, 1.165) is 25.4 Å². The van der Waals surface area contributed by atoms with Crippen LogP contribution in [0.5, 0.6) is 5.75 Å². The first-order valence-corrected chi connectivity index (χ1v) is 8.26. The number of ether oxygens (including phenoxy) is 1. The van der Waals surface area contributed by atoms with Crippen molar-refractivity contribution in [3.8, 4) is 5.75 Å². The average molecular weight is 299 g/mol. The van der Waals surface area contributed by atoms with Crippen LogP contribution in [0.3, 0.4) is 0 Å². The van der Waals surface area contributed by atoms with E-state index >= 15 is 0 Å². The highest BCUT2D eigenvalue weighted by atomic mass is 16.5. The Bertz CT molecular complexity index is 604. The number of aromatic nitrogens is 2. The number of benzene rings is 1. The molecule has 1 heterocycles. The van der Waals surface area contributed by atoms with Gasteiger partial charge < -0.3 is 4.74 Å². The molecule has 4 heteroatoms. The fourth-order valence-electron chi connectivity index (χ4n) is 2.80. The smallest absolute Gasteiger partial charge is 0.123 e. The van der Waals surface area contributed by atoms with Gasteiger partial charge in [-0.05, 0) is 32.8 Å². The quantitative estimate of drug-likeness (QED) is 0.748. The van der Waals surface area contributed by atoms with Crippen LogP contribution in [0.15, 0.2) is 36.7 Å². The maximum Gasteiger partial charge on any atom is 0.123 e. The minimum atomic E-state index is 0.708. The van der Waals surface area contributed by atoms with Crippen LogP contribution >= 0.6 is 0 Å². The predicted molar refractivity (Wildman–Crippen MR) is 87.8 cm³/mol. The number of hydrogen-bond acceptors (Lipinski definition) is 3. The van der Waals surface area contributed by atoms with E-state index in [4.69, 9.17) is 4.74 Å². The molecule has 118 valence electrons. The zero-order chi connectivity index (χ0) is 15.4. The van der Waals surface area contributed by atoms with Gasteiger partial charge in [0.25, 0.3) is 0 Å². The molecule has 0 bridgehead atoms. The SMILES string of the molecule is CCOc1ccccc1CN(Cc1cnn(CC)c1)C1CC1. The molecule has 0 N–H and O–H groups in total. The third-order valence-corrected chi connectivity index (χ3v) is 4.11. The van der Waals surface area contributed by atoms with Gasteiger partial charge in [-0.15, -0.1) is 0 Å². The summed E-state index contributed by atoms with van der Waals surface area (Å²) in [5, 5.41) is 4.39.